The molecule has 1 unspecified atom stereocenters. The Kier molecular flexibility index (Phi) is 4.46. The maximum atomic E-state index is 11.9. The van der Waals surface area contributed by atoms with Gasteiger partial charge < -0.3 is 10.4 Å². The van der Waals surface area contributed by atoms with E-state index in [1.165, 1.54) is 0 Å². The van der Waals surface area contributed by atoms with Crippen molar-refractivity contribution in [2.45, 2.75) is 26.9 Å². The molecule has 1 aromatic rings. The lowest BCUT2D eigenvalue weighted by Gasteiger charge is -2.25. The fourth-order valence-corrected chi connectivity index (χ4v) is 1.37. The second-order valence-electron chi connectivity index (χ2n) is 5.25. The van der Waals surface area contributed by atoms with Crippen LogP contribution in [0, 0.1) is 16.7 Å². The van der Waals surface area contributed by atoms with Crippen LogP contribution in [-0.4, -0.2) is 23.7 Å². The lowest BCUT2D eigenvalue weighted by molar-refractivity contribution is 0.0587. The zero-order valence-electron chi connectivity index (χ0n) is 10.9. The van der Waals surface area contributed by atoms with Gasteiger partial charge in [0.2, 0.25) is 0 Å². The van der Waals surface area contributed by atoms with Crippen LogP contribution in [0.5, 0.6) is 0 Å². The highest BCUT2D eigenvalue weighted by atomic mass is 16.3. The van der Waals surface area contributed by atoms with Gasteiger partial charge in [-0.25, -0.2) is 0 Å². The quantitative estimate of drug-likeness (QED) is 0.852. The van der Waals surface area contributed by atoms with Crippen molar-refractivity contribution in [2.24, 2.45) is 5.41 Å². The van der Waals surface area contributed by atoms with E-state index in [2.05, 4.69) is 5.32 Å². The molecule has 1 aromatic carbocycles. The zero-order valence-corrected chi connectivity index (χ0v) is 10.9. The largest absolute Gasteiger partial charge is 0.391 e. The van der Waals surface area contributed by atoms with Crippen molar-refractivity contribution >= 4 is 5.91 Å². The lowest BCUT2D eigenvalue weighted by atomic mass is 9.89. The highest BCUT2D eigenvalue weighted by Crippen LogP contribution is 2.18. The van der Waals surface area contributed by atoms with Gasteiger partial charge in [0.15, 0.2) is 0 Å². The first kappa shape index (κ1) is 14.2. The summed E-state index contributed by atoms with van der Waals surface area (Å²) in [6.07, 6.45) is -0.629. The van der Waals surface area contributed by atoms with Crippen LogP contribution in [-0.2, 0) is 0 Å². The minimum Gasteiger partial charge on any atom is -0.391 e. The number of nitriles is 1. The molecule has 0 aromatic heterocycles. The van der Waals surface area contributed by atoms with Crippen molar-refractivity contribution in [1.82, 2.24) is 5.32 Å². The summed E-state index contributed by atoms with van der Waals surface area (Å²) in [5, 5.41) is 21.4. The van der Waals surface area contributed by atoms with Gasteiger partial charge in [-0.05, 0) is 17.5 Å². The molecule has 4 heteroatoms. The van der Waals surface area contributed by atoms with E-state index in [0.29, 0.717) is 11.1 Å². The molecule has 0 fully saturated rings. The van der Waals surface area contributed by atoms with Crippen LogP contribution in [0.1, 0.15) is 36.7 Å². The van der Waals surface area contributed by atoms with Gasteiger partial charge in [0.1, 0.15) is 0 Å². The molecule has 0 aliphatic rings. The molecule has 0 heterocycles. The SMILES string of the molecule is CC(C)(C)C(O)CNC(=O)c1ccccc1C#N. The summed E-state index contributed by atoms with van der Waals surface area (Å²) in [4.78, 5) is 11.9. The minimum atomic E-state index is -0.629. The highest BCUT2D eigenvalue weighted by molar-refractivity contribution is 5.96. The van der Waals surface area contributed by atoms with Crippen molar-refractivity contribution in [2.75, 3.05) is 6.54 Å². The Morgan fingerprint density at radius 1 is 1.44 bits per heavy atom. The molecule has 18 heavy (non-hydrogen) atoms. The first-order valence-corrected chi connectivity index (χ1v) is 5.81. The molecule has 0 saturated carbocycles. The van der Waals surface area contributed by atoms with Crippen LogP contribution in [0.3, 0.4) is 0 Å². The number of nitrogens with one attached hydrogen (secondary N) is 1. The third-order valence-electron chi connectivity index (χ3n) is 2.75. The van der Waals surface area contributed by atoms with E-state index in [1.54, 1.807) is 24.3 Å². The van der Waals surface area contributed by atoms with E-state index in [4.69, 9.17) is 5.26 Å². The Hall–Kier alpha value is -1.86. The summed E-state index contributed by atoms with van der Waals surface area (Å²) in [6, 6.07) is 8.57. The van der Waals surface area contributed by atoms with Crippen molar-refractivity contribution < 1.29 is 9.90 Å². The maximum Gasteiger partial charge on any atom is 0.252 e. The average Bonchev–Trinajstić information content (AvgIpc) is 2.34. The topological polar surface area (TPSA) is 73.1 Å². The molecule has 0 aliphatic heterocycles. The number of carbonyl (C=O) groups excluding carboxylic acids is 1. The number of hydrogen-bond acceptors (Lipinski definition) is 3. The molecule has 1 amide bonds. The van der Waals surface area contributed by atoms with Gasteiger partial charge in [0.25, 0.3) is 5.91 Å². The van der Waals surface area contributed by atoms with Gasteiger partial charge in [0.05, 0.1) is 23.3 Å². The Morgan fingerprint density at radius 2 is 2.06 bits per heavy atom. The summed E-state index contributed by atoms with van der Waals surface area (Å²) >= 11 is 0. The van der Waals surface area contributed by atoms with E-state index in [1.807, 2.05) is 26.8 Å². The standard InChI is InChI=1S/C14H18N2O2/c1-14(2,3)12(17)9-16-13(18)11-7-5-4-6-10(11)8-15/h4-7,12,17H,9H2,1-3H3,(H,16,18). The van der Waals surface area contributed by atoms with Crippen LogP contribution in [0.4, 0.5) is 0 Å². The van der Waals surface area contributed by atoms with Crippen LogP contribution >= 0.6 is 0 Å². The van der Waals surface area contributed by atoms with Crippen LogP contribution in [0.15, 0.2) is 24.3 Å². The van der Waals surface area contributed by atoms with E-state index >= 15 is 0 Å². The van der Waals surface area contributed by atoms with Crippen molar-refractivity contribution in [3.05, 3.63) is 35.4 Å². The number of amides is 1. The summed E-state index contributed by atoms with van der Waals surface area (Å²) in [6.45, 7) is 5.86. The second-order valence-corrected chi connectivity index (χ2v) is 5.25. The summed E-state index contributed by atoms with van der Waals surface area (Å²) in [5.74, 6) is -0.338. The Bertz CT molecular complexity index is 469. The monoisotopic (exact) mass is 246 g/mol. The predicted molar refractivity (Wildman–Crippen MR) is 69.0 cm³/mol. The molecular formula is C14H18N2O2. The Labute approximate surface area is 107 Å². The first-order chi connectivity index (χ1) is 8.36. The zero-order chi connectivity index (χ0) is 13.8. The van der Waals surface area contributed by atoms with Gasteiger partial charge >= 0.3 is 0 Å². The average molecular weight is 246 g/mol. The Morgan fingerprint density at radius 3 is 2.61 bits per heavy atom. The summed E-state index contributed by atoms with van der Waals surface area (Å²) in [7, 11) is 0. The minimum absolute atomic E-state index is 0.169. The van der Waals surface area contributed by atoms with Gasteiger partial charge in [0, 0.05) is 6.54 Å². The second kappa shape index (κ2) is 5.65. The molecule has 0 saturated heterocycles. The van der Waals surface area contributed by atoms with Gasteiger partial charge in [-0.3, -0.25) is 4.79 Å². The summed E-state index contributed by atoms with van der Waals surface area (Å²) < 4.78 is 0. The molecule has 0 bridgehead atoms. The number of aliphatic hydroxyl groups excluding tert-OH is 1. The van der Waals surface area contributed by atoms with E-state index in [9.17, 15) is 9.90 Å². The maximum absolute atomic E-state index is 11.9. The van der Waals surface area contributed by atoms with Gasteiger partial charge in [-0.1, -0.05) is 32.9 Å². The van der Waals surface area contributed by atoms with E-state index in [-0.39, 0.29) is 17.9 Å². The van der Waals surface area contributed by atoms with Gasteiger partial charge in [-0.2, -0.15) is 5.26 Å². The molecule has 0 aliphatic carbocycles. The third kappa shape index (κ3) is 3.57. The highest BCUT2D eigenvalue weighted by Gasteiger charge is 2.22. The molecule has 96 valence electrons. The molecule has 1 rings (SSSR count). The molecule has 4 nitrogen and oxygen atoms in total. The number of nitrogens with zero attached hydrogens (tertiary/aromatic N) is 1. The van der Waals surface area contributed by atoms with E-state index in [0.717, 1.165) is 0 Å². The normalized spacial score (nSPS) is 12.6. The molecule has 0 radical (unpaired) electrons. The molecule has 1 atom stereocenters. The molecular weight excluding hydrogens is 228 g/mol. The fourth-order valence-electron chi connectivity index (χ4n) is 1.37. The van der Waals surface area contributed by atoms with Crippen molar-refractivity contribution in [3.63, 3.8) is 0 Å². The van der Waals surface area contributed by atoms with Crippen molar-refractivity contribution in [1.29, 1.82) is 5.26 Å². The number of carbonyl (C=O) groups is 1. The Balaban J connectivity index is 2.70. The summed E-state index contributed by atoms with van der Waals surface area (Å²) in [5.41, 5.74) is 0.378. The predicted octanol–water partition coefficient (Wildman–Crippen LogP) is 1.70. The number of rotatable bonds is 3. The lowest BCUT2D eigenvalue weighted by Crippen LogP contribution is -2.39. The number of aliphatic hydroxyl groups is 1. The van der Waals surface area contributed by atoms with Crippen molar-refractivity contribution in [3.8, 4) is 6.07 Å². The van der Waals surface area contributed by atoms with Crippen LogP contribution in [0.25, 0.3) is 0 Å². The molecule has 2 N–H and O–H groups in total. The third-order valence-corrected chi connectivity index (χ3v) is 2.75. The fraction of sp³-hybridized carbons (Fsp3) is 0.429. The van der Waals surface area contributed by atoms with E-state index < -0.39 is 6.10 Å². The first-order valence-electron chi connectivity index (χ1n) is 5.81. The van der Waals surface area contributed by atoms with Gasteiger partial charge in [-0.15, -0.1) is 0 Å². The number of benzene rings is 1. The van der Waals surface area contributed by atoms with Crippen LogP contribution < -0.4 is 5.32 Å². The smallest absolute Gasteiger partial charge is 0.252 e. The molecule has 0 spiro atoms. The van der Waals surface area contributed by atoms with Crippen LogP contribution in [0.2, 0.25) is 0 Å². The number of hydrogen-bond donors (Lipinski definition) is 2.